The van der Waals surface area contributed by atoms with Gasteiger partial charge >= 0.3 is 0 Å². The van der Waals surface area contributed by atoms with E-state index in [9.17, 15) is 0 Å². The van der Waals surface area contributed by atoms with Crippen LogP contribution in [0.3, 0.4) is 0 Å². The van der Waals surface area contributed by atoms with Gasteiger partial charge in [-0.1, -0.05) is 6.92 Å². The fourth-order valence-corrected chi connectivity index (χ4v) is 4.93. The summed E-state index contributed by atoms with van der Waals surface area (Å²) in [6, 6.07) is 6.99. The van der Waals surface area contributed by atoms with Crippen LogP contribution in [-0.4, -0.2) is 6.54 Å². The molecule has 0 saturated heterocycles. The molecule has 0 aromatic carbocycles. The number of hydrogen-bond acceptors (Lipinski definition) is 3. The summed E-state index contributed by atoms with van der Waals surface area (Å²) < 4.78 is 1.23. The van der Waals surface area contributed by atoms with Crippen molar-refractivity contribution in [1.82, 2.24) is 5.32 Å². The third-order valence-corrected chi connectivity index (χ3v) is 5.84. The van der Waals surface area contributed by atoms with E-state index >= 15 is 0 Å². The molecule has 98 valence electrons. The molecule has 0 aliphatic heterocycles. The van der Waals surface area contributed by atoms with Gasteiger partial charge in [-0.15, -0.1) is 22.7 Å². The lowest BCUT2D eigenvalue weighted by Crippen LogP contribution is -2.21. The maximum Gasteiger partial charge on any atom is 0.0776 e. The molecule has 2 aromatic rings. The molecule has 1 atom stereocenters. The van der Waals surface area contributed by atoms with E-state index in [0.29, 0.717) is 6.04 Å². The highest BCUT2D eigenvalue weighted by atomic mass is 79.9. The Morgan fingerprint density at radius 1 is 1.22 bits per heavy atom. The van der Waals surface area contributed by atoms with Crippen molar-refractivity contribution in [3.8, 4) is 0 Å². The summed E-state index contributed by atoms with van der Waals surface area (Å²) in [6.07, 6.45) is 1.16. The zero-order valence-corrected chi connectivity index (χ0v) is 14.1. The monoisotopic (exact) mass is 343 g/mol. The van der Waals surface area contributed by atoms with Gasteiger partial charge in [0.05, 0.1) is 6.04 Å². The Balaban J connectivity index is 2.33. The summed E-state index contributed by atoms with van der Waals surface area (Å²) in [5, 5.41) is 3.66. The highest BCUT2D eigenvalue weighted by Gasteiger charge is 2.19. The molecule has 0 spiro atoms. The van der Waals surface area contributed by atoms with Crippen LogP contribution in [0.2, 0.25) is 0 Å². The van der Waals surface area contributed by atoms with Crippen LogP contribution in [0.25, 0.3) is 0 Å². The molecule has 18 heavy (non-hydrogen) atoms. The lowest BCUT2D eigenvalue weighted by Gasteiger charge is -2.16. The van der Waals surface area contributed by atoms with Crippen molar-refractivity contribution < 1.29 is 0 Å². The number of halogens is 1. The first-order valence-corrected chi connectivity index (χ1v) is 8.60. The Bertz CT molecular complexity index is 516. The van der Waals surface area contributed by atoms with E-state index in [2.05, 4.69) is 60.2 Å². The average molecular weight is 344 g/mol. The zero-order chi connectivity index (χ0) is 13.1. The van der Waals surface area contributed by atoms with E-state index in [1.807, 2.05) is 22.7 Å². The number of thiophene rings is 2. The number of nitrogens with one attached hydrogen (secondary N) is 1. The Hall–Kier alpha value is -0.160. The highest BCUT2D eigenvalue weighted by molar-refractivity contribution is 9.10. The minimum atomic E-state index is 0.330. The lowest BCUT2D eigenvalue weighted by molar-refractivity contribution is 0.612. The fourth-order valence-electron chi connectivity index (χ4n) is 1.92. The van der Waals surface area contributed by atoms with E-state index < -0.39 is 0 Å². The predicted octanol–water partition coefficient (Wildman–Crippen LogP) is 5.28. The molecule has 0 aliphatic rings. The topological polar surface area (TPSA) is 12.0 Å². The van der Waals surface area contributed by atoms with Gasteiger partial charge in [-0.05, 0) is 60.9 Å². The van der Waals surface area contributed by atoms with Gasteiger partial charge in [0.2, 0.25) is 0 Å². The third-order valence-electron chi connectivity index (χ3n) is 2.74. The van der Waals surface area contributed by atoms with Gasteiger partial charge in [0, 0.05) is 24.0 Å². The van der Waals surface area contributed by atoms with E-state index in [-0.39, 0.29) is 0 Å². The van der Waals surface area contributed by atoms with Gasteiger partial charge in [-0.2, -0.15) is 0 Å². The van der Waals surface area contributed by atoms with E-state index in [0.717, 1.165) is 13.0 Å². The molecule has 2 rings (SSSR count). The molecule has 0 radical (unpaired) electrons. The number of aryl methyl sites for hydroxylation is 2. The Kier molecular flexibility index (Phi) is 5.01. The summed E-state index contributed by atoms with van der Waals surface area (Å²) in [6.45, 7) is 7.58. The molecule has 0 bridgehead atoms. The number of hydrogen-bond donors (Lipinski definition) is 1. The smallest absolute Gasteiger partial charge is 0.0776 e. The first kappa shape index (κ1) is 14.3. The Morgan fingerprint density at radius 2 is 2.00 bits per heavy atom. The van der Waals surface area contributed by atoms with Crippen molar-refractivity contribution in [3.05, 3.63) is 42.2 Å². The molecular weight excluding hydrogens is 326 g/mol. The molecule has 4 heteroatoms. The predicted molar refractivity (Wildman–Crippen MR) is 85.9 cm³/mol. The molecule has 2 heterocycles. The maximum absolute atomic E-state index is 3.69. The summed E-state index contributed by atoms with van der Waals surface area (Å²) in [7, 11) is 0. The van der Waals surface area contributed by atoms with E-state index in [4.69, 9.17) is 0 Å². The summed E-state index contributed by atoms with van der Waals surface area (Å²) in [5.41, 5.74) is 0. The molecule has 2 aromatic heterocycles. The van der Waals surface area contributed by atoms with Crippen LogP contribution in [0.5, 0.6) is 0 Å². The summed E-state index contributed by atoms with van der Waals surface area (Å²) in [4.78, 5) is 5.53. The third kappa shape index (κ3) is 3.23. The maximum atomic E-state index is 3.69. The summed E-state index contributed by atoms with van der Waals surface area (Å²) >= 11 is 7.45. The van der Waals surface area contributed by atoms with Crippen LogP contribution in [0, 0.1) is 13.8 Å². The zero-order valence-electron chi connectivity index (χ0n) is 10.9. The lowest BCUT2D eigenvalue weighted by atomic mass is 10.2. The van der Waals surface area contributed by atoms with Crippen molar-refractivity contribution in [2.24, 2.45) is 0 Å². The molecule has 0 aliphatic carbocycles. The van der Waals surface area contributed by atoms with Crippen molar-refractivity contribution in [1.29, 1.82) is 0 Å². The Morgan fingerprint density at radius 3 is 2.50 bits per heavy atom. The first-order chi connectivity index (χ1) is 8.61. The van der Waals surface area contributed by atoms with Crippen molar-refractivity contribution in [2.45, 2.75) is 33.2 Å². The molecule has 0 amide bonds. The van der Waals surface area contributed by atoms with Crippen LogP contribution in [-0.2, 0) is 0 Å². The Labute approximate surface area is 125 Å². The van der Waals surface area contributed by atoms with Gasteiger partial charge in [0.1, 0.15) is 0 Å². The van der Waals surface area contributed by atoms with Gasteiger partial charge in [-0.3, -0.25) is 0 Å². The largest absolute Gasteiger partial charge is 0.305 e. The minimum Gasteiger partial charge on any atom is -0.305 e. The van der Waals surface area contributed by atoms with Crippen LogP contribution in [0.1, 0.15) is 38.9 Å². The molecule has 0 fully saturated rings. The quantitative estimate of drug-likeness (QED) is 0.778. The second-order valence-electron chi connectivity index (χ2n) is 4.40. The molecule has 0 saturated carbocycles. The normalized spacial score (nSPS) is 12.9. The first-order valence-electron chi connectivity index (χ1n) is 6.17. The van der Waals surface area contributed by atoms with E-state index in [1.54, 1.807) is 0 Å². The van der Waals surface area contributed by atoms with Crippen LogP contribution < -0.4 is 5.32 Å². The van der Waals surface area contributed by atoms with Crippen molar-refractivity contribution in [3.63, 3.8) is 0 Å². The van der Waals surface area contributed by atoms with Gasteiger partial charge in [-0.25, -0.2) is 0 Å². The van der Waals surface area contributed by atoms with Gasteiger partial charge < -0.3 is 5.32 Å². The van der Waals surface area contributed by atoms with Crippen molar-refractivity contribution >= 4 is 38.6 Å². The highest BCUT2D eigenvalue weighted by Crippen LogP contribution is 2.37. The molecule has 1 N–H and O–H groups in total. The molecular formula is C14H18BrNS2. The standard InChI is InChI=1S/C14H18BrNS2/c1-4-7-16-13(12-6-5-9(2)17-12)14-11(15)8-10(3)18-14/h5-6,8,13,16H,4,7H2,1-3H3. The van der Waals surface area contributed by atoms with Crippen LogP contribution in [0.15, 0.2) is 22.7 Å². The van der Waals surface area contributed by atoms with Crippen molar-refractivity contribution in [2.75, 3.05) is 6.54 Å². The van der Waals surface area contributed by atoms with E-state index in [1.165, 1.54) is 24.0 Å². The average Bonchev–Trinajstić information content (AvgIpc) is 2.87. The van der Waals surface area contributed by atoms with Crippen LogP contribution >= 0.6 is 38.6 Å². The minimum absolute atomic E-state index is 0.330. The van der Waals surface area contributed by atoms with Gasteiger partial charge in [0.25, 0.3) is 0 Å². The number of rotatable bonds is 5. The molecule has 1 unspecified atom stereocenters. The SMILES string of the molecule is CCCNC(c1ccc(C)s1)c1sc(C)cc1Br. The second-order valence-corrected chi connectivity index (χ2v) is 7.87. The fraction of sp³-hybridized carbons (Fsp3) is 0.429. The van der Waals surface area contributed by atoms with Gasteiger partial charge in [0.15, 0.2) is 0 Å². The second kappa shape index (κ2) is 6.33. The molecule has 1 nitrogen and oxygen atoms in total. The van der Waals surface area contributed by atoms with Crippen LogP contribution in [0.4, 0.5) is 0 Å². The summed E-state index contributed by atoms with van der Waals surface area (Å²) in [5.74, 6) is 0.